The molecule has 2 N–H and O–H groups in total. The van der Waals surface area contributed by atoms with Crippen molar-refractivity contribution in [3.05, 3.63) is 95.6 Å². The van der Waals surface area contributed by atoms with Crippen molar-refractivity contribution in [1.82, 2.24) is 35.3 Å². The summed E-state index contributed by atoms with van der Waals surface area (Å²) in [6.45, 7) is 7.14. The van der Waals surface area contributed by atoms with E-state index in [4.69, 9.17) is 15.9 Å². The van der Waals surface area contributed by atoms with Gasteiger partial charge in [-0.25, -0.2) is 9.48 Å². The van der Waals surface area contributed by atoms with E-state index in [9.17, 15) is 14.4 Å². The van der Waals surface area contributed by atoms with Crippen LogP contribution in [0.5, 0.6) is 0 Å². The van der Waals surface area contributed by atoms with Gasteiger partial charge < -0.3 is 25.0 Å². The number of aromatic nitrogens is 4. The number of nitrogens with zero attached hydrogens (tertiary/aromatic N) is 6. The average Bonchev–Trinajstić information content (AvgIpc) is 3.93. The maximum Gasteiger partial charge on any atom is 0.410 e. The number of tetrazole rings is 1. The van der Waals surface area contributed by atoms with Crippen LogP contribution in [0.3, 0.4) is 0 Å². The predicted octanol–water partition coefficient (Wildman–Crippen LogP) is 4.75. The Hall–Kier alpha value is -5.74. The highest BCUT2D eigenvalue weighted by Gasteiger charge is 2.43. The van der Waals surface area contributed by atoms with Crippen molar-refractivity contribution in [1.29, 1.82) is 0 Å². The topological polar surface area (TPSA) is 144 Å². The zero-order valence-corrected chi connectivity index (χ0v) is 32.0. The average molecular weight is 747 g/mol. The smallest absolute Gasteiger partial charge is 0.410 e. The zero-order valence-electron chi connectivity index (χ0n) is 32.0. The lowest BCUT2D eigenvalue weighted by Crippen LogP contribution is -2.60. The summed E-state index contributed by atoms with van der Waals surface area (Å²) in [6.07, 6.45) is 7.13. The summed E-state index contributed by atoms with van der Waals surface area (Å²) in [7, 11) is 1.52. The lowest BCUT2D eigenvalue weighted by molar-refractivity contribution is -0.143. The maximum absolute atomic E-state index is 14.5. The van der Waals surface area contributed by atoms with Gasteiger partial charge in [0.15, 0.2) is 0 Å². The number of terminal acetylenes is 1. The Morgan fingerprint density at radius 3 is 2.38 bits per heavy atom. The molecule has 4 aromatic rings. The molecule has 6 rings (SSSR count). The molecule has 2 aliphatic rings. The Bertz CT molecular complexity index is 1950. The van der Waals surface area contributed by atoms with Crippen molar-refractivity contribution in [2.75, 3.05) is 45.3 Å². The Labute approximate surface area is 322 Å². The normalized spacial score (nSPS) is 16.1. The molecule has 1 fully saturated rings. The summed E-state index contributed by atoms with van der Waals surface area (Å²) in [5, 5.41) is 18.6. The first-order valence-electron chi connectivity index (χ1n) is 18.8. The Kier molecular flexibility index (Phi) is 12.5. The van der Waals surface area contributed by atoms with Crippen LogP contribution < -0.4 is 10.6 Å². The number of fused-ring (bicyclic) bond motifs is 3. The van der Waals surface area contributed by atoms with Crippen LogP contribution in [-0.2, 0) is 32.0 Å². The number of nitrogens with one attached hydrogen (secondary N) is 2. The molecule has 55 heavy (non-hydrogen) atoms. The summed E-state index contributed by atoms with van der Waals surface area (Å²) < 4.78 is 13.2. The molecule has 3 aromatic carbocycles. The molecular formula is C42H50N8O5. The van der Waals surface area contributed by atoms with Crippen LogP contribution in [0.25, 0.3) is 11.1 Å². The van der Waals surface area contributed by atoms with E-state index >= 15 is 0 Å². The molecule has 1 aliphatic heterocycles. The fourth-order valence-electron chi connectivity index (χ4n) is 7.44. The van der Waals surface area contributed by atoms with Crippen LogP contribution in [0.1, 0.15) is 56.2 Å². The van der Waals surface area contributed by atoms with E-state index in [2.05, 4.69) is 68.5 Å². The van der Waals surface area contributed by atoms with Crippen molar-refractivity contribution in [3.63, 3.8) is 0 Å². The van der Waals surface area contributed by atoms with Crippen molar-refractivity contribution >= 4 is 23.9 Å². The second kappa shape index (κ2) is 17.6. The molecule has 1 aliphatic carbocycles. The first kappa shape index (κ1) is 39.0. The van der Waals surface area contributed by atoms with Gasteiger partial charge in [-0.3, -0.25) is 14.5 Å². The van der Waals surface area contributed by atoms with Gasteiger partial charge in [-0.15, -0.1) is 6.42 Å². The number of likely N-dealkylation sites (tertiary alicyclic amines) is 1. The third-order valence-corrected chi connectivity index (χ3v) is 10.7. The standard InChI is InChI=1S/C42H50N8O5/c1-6-25-54-28-42(3,4)37(39(52)49-24-14-17-31(49)26-50-40(45-46-47-50)43-23-22-30-15-8-7-9-16-30)44-38(51)29(2)48(5)41(53)55-27-36-34-20-12-10-18-32(34)33-19-11-13-21-35(33)36/h1,7-13,15-16,18-21,29,31,36-37H,14,17,22-28H2,2-5H3,(H,44,51)(H,43,45,47)/t29-,31-,37+/m0/s1. The summed E-state index contributed by atoms with van der Waals surface area (Å²) in [5.41, 5.74) is 4.77. The largest absolute Gasteiger partial charge is 0.448 e. The molecule has 3 amide bonds. The fraction of sp³-hybridized carbons (Fsp3) is 0.429. The minimum Gasteiger partial charge on any atom is -0.448 e. The number of hydrogen-bond donors (Lipinski definition) is 2. The molecule has 0 radical (unpaired) electrons. The van der Waals surface area contributed by atoms with Gasteiger partial charge in [-0.2, -0.15) is 0 Å². The van der Waals surface area contributed by atoms with Crippen LogP contribution in [0, 0.1) is 17.8 Å². The van der Waals surface area contributed by atoms with E-state index < -0.39 is 29.5 Å². The molecule has 1 saturated heterocycles. The molecule has 13 heteroatoms. The number of rotatable bonds is 16. The number of likely N-dealkylation sites (N-methyl/N-ethyl adjacent to an activating group) is 1. The highest BCUT2D eigenvalue weighted by Crippen LogP contribution is 2.44. The highest BCUT2D eigenvalue weighted by molar-refractivity contribution is 5.92. The highest BCUT2D eigenvalue weighted by atomic mass is 16.6. The van der Waals surface area contributed by atoms with Crippen molar-refractivity contribution < 1.29 is 23.9 Å². The first-order valence-corrected chi connectivity index (χ1v) is 18.8. The minimum absolute atomic E-state index is 0.0604. The van der Waals surface area contributed by atoms with Crippen LogP contribution in [0.2, 0.25) is 0 Å². The molecule has 0 saturated carbocycles. The van der Waals surface area contributed by atoms with E-state index in [1.807, 2.05) is 56.3 Å². The zero-order chi connectivity index (χ0) is 39.0. The molecule has 288 valence electrons. The van der Waals surface area contributed by atoms with Crippen molar-refractivity contribution in [3.8, 4) is 23.5 Å². The SMILES string of the molecule is C#CCOCC(C)(C)[C@H](NC(=O)[C@H](C)N(C)C(=O)OCC1c2ccccc2-c2ccccc21)C(=O)N1CCC[C@H]1Cn1nnnc1NCCc1ccccc1. The van der Waals surface area contributed by atoms with Crippen molar-refractivity contribution in [2.24, 2.45) is 5.41 Å². The number of carbonyl (C=O) groups excluding carboxylic acids is 3. The van der Waals surface area contributed by atoms with Gasteiger partial charge in [0.25, 0.3) is 0 Å². The second-order valence-electron chi connectivity index (χ2n) is 14.9. The lowest BCUT2D eigenvalue weighted by Gasteiger charge is -2.38. The summed E-state index contributed by atoms with van der Waals surface area (Å²) in [5.74, 6) is 2.11. The molecule has 3 atom stereocenters. The Morgan fingerprint density at radius 1 is 1.02 bits per heavy atom. The summed E-state index contributed by atoms with van der Waals surface area (Å²) in [6, 6.07) is 24.2. The van der Waals surface area contributed by atoms with Crippen LogP contribution in [0.15, 0.2) is 78.9 Å². The quantitative estimate of drug-likeness (QED) is 0.123. The van der Waals surface area contributed by atoms with E-state index in [1.54, 1.807) is 16.5 Å². The van der Waals surface area contributed by atoms with E-state index in [0.29, 0.717) is 25.6 Å². The van der Waals surface area contributed by atoms with Gasteiger partial charge in [0.1, 0.15) is 25.3 Å². The van der Waals surface area contributed by atoms with Gasteiger partial charge in [0.05, 0.1) is 19.2 Å². The molecule has 0 bridgehead atoms. The number of anilines is 1. The number of hydrogen-bond acceptors (Lipinski definition) is 9. The number of amides is 3. The number of ether oxygens (including phenoxy) is 2. The third kappa shape index (κ3) is 8.98. The van der Waals surface area contributed by atoms with Gasteiger partial charge in [0, 0.05) is 31.5 Å². The Balaban J connectivity index is 1.11. The van der Waals surface area contributed by atoms with Crippen LogP contribution in [0.4, 0.5) is 10.7 Å². The van der Waals surface area contributed by atoms with Gasteiger partial charge in [0.2, 0.25) is 17.8 Å². The molecule has 13 nitrogen and oxygen atoms in total. The molecule has 2 heterocycles. The van der Waals surface area contributed by atoms with Crippen LogP contribution >= 0.6 is 0 Å². The lowest BCUT2D eigenvalue weighted by atomic mass is 9.83. The summed E-state index contributed by atoms with van der Waals surface area (Å²) in [4.78, 5) is 44.9. The fourth-order valence-corrected chi connectivity index (χ4v) is 7.44. The van der Waals surface area contributed by atoms with Crippen LogP contribution in [-0.4, -0.2) is 106 Å². The first-order chi connectivity index (χ1) is 26.6. The predicted molar refractivity (Wildman–Crippen MR) is 209 cm³/mol. The second-order valence-corrected chi connectivity index (χ2v) is 14.9. The van der Waals surface area contributed by atoms with Gasteiger partial charge >= 0.3 is 6.09 Å². The van der Waals surface area contributed by atoms with Crippen molar-refractivity contribution in [2.45, 2.75) is 70.6 Å². The minimum atomic E-state index is -0.992. The maximum atomic E-state index is 14.5. The van der Waals surface area contributed by atoms with E-state index in [1.165, 1.54) is 17.5 Å². The van der Waals surface area contributed by atoms with E-state index in [0.717, 1.165) is 41.5 Å². The third-order valence-electron chi connectivity index (χ3n) is 10.7. The van der Waals surface area contributed by atoms with E-state index in [-0.39, 0.29) is 37.7 Å². The van der Waals surface area contributed by atoms with Gasteiger partial charge in [-0.05, 0) is 64.4 Å². The molecule has 0 spiro atoms. The monoisotopic (exact) mass is 746 g/mol. The molecular weight excluding hydrogens is 697 g/mol. The van der Waals surface area contributed by atoms with Gasteiger partial charge in [-0.1, -0.05) is 104 Å². The number of carbonyl (C=O) groups is 3. The Morgan fingerprint density at radius 2 is 1.69 bits per heavy atom. The molecule has 0 unspecified atom stereocenters. The number of benzene rings is 3. The summed E-state index contributed by atoms with van der Waals surface area (Å²) >= 11 is 0. The molecule has 1 aromatic heterocycles.